The Morgan fingerprint density at radius 3 is 2.51 bits per heavy atom. The first-order valence-electron chi connectivity index (χ1n) is 12.8. The maximum Gasteiger partial charge on any atom is 0.273 e. The minimum atomic E-state index is -0.287. The second-order valence-corrected chi connectivity index (χ2v) is 7.73. The Hall–Kier alpha value is -3.28. The van der Waals surface area contributed by atoms with Gasteiger partial charge in [-0.1, -0.05) is 89.6 Å². The molecule has 35 heavy (non-hydrogen) atoms. The summed E-state index contributed by atoms with van der Waals surface area (Å²) < 4.78 is 1.06. The molecule has 0 saturated heterocycles. The number of anilines is 1. The summed E-state index contributed by atoms with van der Waals surface area (Å²) in [6.45, 7) is 20.8. The lowest BCUT2D eigenvalue weighted by atomic mass is 10.1. The fraction of sp³-hybridized carbons (Fsp3) is 0.448. The molecule has 0 saturated carbocycles. The Morgan fingerprint density at radius 2 is 1.91 bits per heavy atom. The third-order valence-electron chi connectivity index (χ3n) is 5.04. The van der Waals surface area contributed by atoms with Crippen LogP contribution in [0, 0.1) is 6.92 Å². The van der Waals surface area contributed by atoms with Gasteiger partial charge in [0.2, 0.25) is 5.95 Å². The van der Waals surface area contributed by atoms with Gasteiger partial charge >= 0.3 is 0 Å². The number of aryl methyl sites for hydroxylation is 1. The molecule has 6 nitrogen and oxygen atoms in total. The molecule has 2 rings (SSSR count). The Labute approximate surface area is 213 Å². The second kappa shape index (κ2) is 18.1. The van der Waals surface area contributed by atoms with Crippen LogP contribution in [0.4, 0.5) is 5.95 Å². The van der Waals surface area contributed by atoms with Crippen molar-refractivity contribution in [3.63, 3.8) is 0 Å². The van der Waals surface area contributed by atoms with E-state index < -0.39 is 0 Å². The minimum absolute atomic E-state index is 0.0385. The highest BCUT2D eigenvalue weighted by Gasteiger charge is 2.12. The SMILES string of the molecule is C=C/C=C(NCCc1cc(=O)n(N)c(NC(C)c2cccc(C)c2)n1)\C(C)=C/CCC.CC.CC. The van der Waals surface area contributed by atoms with Crippen molar-refractivity contribution in [3.05, 3.63) is 93.6 Å². The predicted octanol–water partition coefficient (Wildman–Crippen LogP) is 6.44. The van der Waals surface area contributed by atoms with Gasteiger partial charge in [-0.3, -0.25) is 4.79 Å². The Balaban J connectivity index is 0.00000274. The number of nitrogens with two attached hydrogens (primary N) is 1. The molecule has 1 unspecified atom stereocenters. The van der Waals surface area contributed by atoms with Crippen LogP contribution < -0.4 is 22.0 Å². The molecule has 1 aromatic carbocycles. The first-order chi connectivity index (χ1) is 16.8. The lowest BCUT2D eigenvalue weighted by molar-refractivity contribution is 0.752. The molecule has 194 valence electrons. The molecule has 1 aromatic heterocycles. The second-order valence-electron chi connectivity index (χ2n) is 7.73. The van der Waals surface area contributed by atoms with Crippen LogP contribution in [0.3, 0.4) is 0 Å². The number of rotatable bonds is 11. The molecule has 0 aliphatic rings. The third-order valence-corrected chi connectivity index (χ3v) is 5.04. The van der Waals surface area contributed by atoms with Crippen LogP contribution in [0.5, 0.6) is 0 Å². The van der Waals surface area contributed by atoms with Gasteiger partial charge in [-0.2, -0.15) is 4.68 Å². The van der Waals surface area contributed by atoms with E-state index in [9.17, 15) is 4.79 Å². The highest BCUT2D eigenvalue weighted by molar-refractivity contribution is 5.35. The van der Waals surface area contributed by atoms with Gasteiger partial charge in [-0.05, 0) is 44.4 Å². The van der Waals surface area contributed by atoms with E-state index in [1.54, 1.807) is 6.08 Å². The van der Waals surface area contributed by atoms with Gasteiger partial charge in [0.1, 0.15) is 0 Å². The summed E-state index contributed by atoms with van der Waals surface area (Å²) in [6, 6.07) is 9.66. The molecule has 0 fully saturated rings. The fourth-order valence-electron chi connectivity index (χ4n) is 3.23. The van der Waals surface area contributed by atoms with E-state index in [0.29, 0.717) is 24.6 Å². The molecule has 0 spiro atoms. The summed E-state index contributed by atoms with van der Waals surface area (Å²) in [5.74, 6) is 6.30. The summed E-state index contributed by atoms with van der Waals surface area (Å²) >= 11 is 0. The van der Waals surface area contributed by atoms with Crippen LogP contribution in [0.15, 0.2) is 71.2 Å². The normalized spacial score (nSPS) is 11.9. The zero-order chi connectivity index (χ0) is 26.8. The topological polar surface area (TPSA) is 85.0 Å². The smallest absolute Gasteiger partial charge is 0.273 e. The minimum Gasteiger partial charge on any atom is -0.384 e. The van der Waals surface area contributed by atoms with Crippen molar-refractivity contribution in [2.24, 2.45) is 0 Å². The van der Waals surface area contributed by atoms with Crippen molar-refractivity contribution < 1.29 is 0 Å². The first-order valence-corrected chi connectivity index (χ1v) is 12.8. The third kappa shape index (κ3) is 11.1. The fourth-order valence-corrected chi connectivity index (χ4v) is 3.23. The number of nitrogen functional groups attached to an aromatic ring is 1. The molecule has 1 atom stereocenters. The molecule has 1 heterocycles. The van der Waals surface area contributed by atoms with Crippen LogP contribution in [0.2, 0.25) is 0 Å². The van der Waals surface area contributed by atoms with E-state index >= 15 is 0 Å². The standard InChI is InChI=1S/C25H35N5O.2C2H6/c1-6-8-12-19(4)23(10-7-2)27-15-14-22-17-24(31)30(26)25(29-22)28-20(5)21-13-9-11-18(3)16-21;2*1-2/h7,9-13,16-17,20,27H,2,6,8,14-15,26H2,1,3-5H3,(H,28,29);2*1-2H3/b19-12-,23-10+;;. The number of nitrogens with one attached hydrogen (secondary N) is 2. The molecule has 4 N–H and O–H groups in total. The van der Waals surface area contributed by atoms with Crippen molar-refractivity contribution in [3.8, 4) is 0 Å². The number of aromatic nitrogens is 2. The van der Waals surface area contributed by atoms with E-state index in [-0.39, 0.29) is 11.6 Å². The van der Waals surface area contributed by atoms with E-state index in [0.717, 1.165) is 28.8 Å². The molecule has 0 amide bonds. The maximum atomic E-state index is 12.4. The number of allylic oxidation sites excluding steroid dienone is 4. The molecule has 0 bridgehead atoms. The Morgan fingerprint density at radius 1 is 1.23 bits per heavy atom. The monoisotopic (exact) mass is 481 g/mol. The molecule has 2 aromatic rings. The van der Waals surface area contributed by atoms with Gasteiger partial charge in [0.25, 0.3) is 5.56 Å². The van der Waals surface area contributed by atoms with E-state index in [1.807, 2.05) is 52.8 Å². The largest absolute Gasteiger partial charge is 0.384 e. The van der Waals surface area contributed by atoms with Crippen LogP contribution in [0.1, 0.15) is 84.2 Å². The van der Waals surface area contributed by atoms with Crippen molar-refractivity contribution in [2.75, 3.05) is 17.7 Å². The van der Waals surface area contributed by atoms with Gasteiger partial charge in [-0.15, -0.1) is 0 Å². The Kier molecular flexibility index (Phi) is 16.4. The molecule has 6 heteroatoms. The summed E-state index contributed by atoms with van der Waals surface area (Å²) in [6.07, 6.45) is 8.68. The number of hydrogen-bond donors (Lipinski definition) is 3. The van der Waals surface area contributed by atoms with Gasteiger partial charge < -0.3 is 16.5 Å². The van der Waals surface area contributed by atoms with Crippen LogP contribution in [0.25, 0.3) is 0 Å². The Bertz CT molecular complexity index is 1000. The highest BCUT2D eigenvalue weighted by Crippen LogP contribution is 2.18. The van der Waals surface area contributed by atoms with E-state index in [1.165, 1.54) is 17.2 Å². The van der Waals surface area contributed by atoms with Crippen LogP contribution in [-0.2, 0) is 6.42 Å². The van der Waals surface area contributed by atoms with Gasteiger partial charge in [-0.25, -0.2) is 4.98 Å². The van der Waals surface area contributed by atoms with Gasteiger partial charge in [0, 0.05) is 24.7 Å². The lowest BCUT2D eigenvalue weighted by Crippen LogP contribution is -2.32. The quantitative estimate of drug-likeness (QED) is 0.254. The summed E-state index contributed by atoms with van der Waals surface area (Å²) in [4.78, 5) is 17.0. The lowest BCUT2D eigenvalue weighted by Gasteiger charge is -2.18. The molecule has 0 aliphatic carbocycles. The van der Waals surface area contributed by atoms with Crippen LogP contribution in [-0.4, -0.2) is 16.2 Å². The number of unbranched alkanes of at least 4 members (excludes halogenated alkanes) is 1. The highest BCUT2D eigenvalue weighted by atomic mass is 16.1. The molecule has 0 aliphatic heterocycles. The van der Waals surface area contributed by atoms with Crippen molar-refractivity contribution in [1.82, 2.24) is 15.0 Å². The first kappa shape index (κ1) is 31.7. The zero-order valence-electron chi connectivity index (χ0n) is 23.1. The average Bonchev–Trinajstić information content (AvgIpc) is 2.87. The molecular weight excluding hydrogens is 434 g/mol. The van der Waals surface area contributed by atoms with E-state index in [4.69, 9.17) is 5.84 Å². The molecular formula is C29H47N5O. The summed E-state index contributed by atoms with van der Waals surface area (Å²) in [5.41, 5.74) is 4.89. The van der Waals surface area contributed by atoms with Crippen molar-refractivity contribution >= 4 is 5.95 Å². The van der Waals surface area contributed by atoms with Crippen molar-refractivity contribution in [1.29, 1.82) is 0 Å². The average molecular weight is 482 g/mol. The summed E-state index contributed by atoms with van der Waals surface area (Å²) in [5, 5.41) is 6.69. The van der Waals surface area contributed by atoms with Gasteiger partial charge in [0.15, 0.2) is 0 Å². The predicted molar refractivity (Wildman–Crippen MR) is 153 cm³/mol. The van der Waals surface area contributed by atoms with Gasteiger partial charge in [0.05, 0.1) is 11.7 Å². The molecule has 0 radical (unpaired) electrons. The zero-order valence-corrected chi connectivity index (χ0v) is 23.1. The van der Waals surface area contributed by atoms with Crippen molar-refractivity contribution in [2.45, 2.75) is 80.7 Å². The number of nitrogens with zero attached hydrogens (tertiary/aromatic N) is 2. The maximum absolute atomic E-state index is 12.4. The number of hydrogen-bond acceptors (Lipinski definition) is 5. The number of benzene rings is 1. The summed E-state index contributed by atoms with van der Waals surface area (Å²) in [7, 11) is 0. The van der Waals surface area contributed by atoms with Crippen LogP contribution >= 0.6 is 0 Å². The van der Waals surface area contributed by atoms with E-state index in [2.05, 4.69) is 61.2 Å².